The van der Waals surface area contributed by atoms with E-state index in [4.69, 9.17) is 0 Å². The van der Waals surface area contributed by atoms with Crippen LogP contribution in [0.1, 0.15) is 18.9 Å². The molecule has 6 nitrogen and oxygen atoms in total. The van der Waals surface area contributed by atoms with Gasteiger partial charge in [0.2, 0.25) is 0 Å². The third kappa shape index (κ3) is 3.64. The lowest BCUT2D eigenvalue weighted by Crippen LogP contribution is -2.20. The zero-order chi connectivity index (χ0) is 18.2. The molecule has 0 amide bonds. The van der Waals surface area contributed by atoms with Gasteiger partial charge in [-0.1, -0.05) is 0 Å². The Kier molecular flexibility index (Phi) is 4.23. The maximum atomic E-state index is 13.9. The summed E-state index contributed by atoms with van der Waals surface area (Å²) in [4.78, 5) is 3.53. The van der Waals surface area contributed by atoms with Gasteiger partial charge in [-0.15, -0.1) is 10.2 Å². The third-order valence-corrected chi connectivity index (χ3v) is 3.12. The van der Waals surface area contributed by atoms with E-state index in [-0.39, 0.29) is 17.1 Å². The molecule has 1 unspecified atom stereocenters. The number of hydrogen-bond acceptors (Lipinski definition) is 5. The van der Waals surface area contributed by atoms with Crippen molar-refractivity contribution in [1.82, 2.24) is 24.8 Å². The van der Waals surface area contributed by atoms with Crippen molar-refractivity contribution in [2.24, 2.45) is 0 Å². The summed E-state index contributed by atoms with van der Waals surface area (Å²) in [5.41, 5.74) is 0.676. The average Bonchev–Trinajstić information content (AvgIpc) is 2.96. The monoisotopic (exact) mass is 359 g/mol. The van der Waals surface area contributed by atoms with Crippen LogP contribution in [-0.2, 0) is 0 Å². The predicted octanol–water partition coefficient (Wildman–Crippen LogP) is 3.30. The number of pyridine rings is 1. The fourth-order valence-electron chi connectivity index (χ4n) is 2.03. The van der Waals surface area contributed by atoms with Crippen LogP contribution >= 0.6 is 0 Å². The number of nitrogens with zero attached hydrogens (tertiary/aromatic N) is 5. The van der Waals surface area contributed by atoms with E-state index in [1.807, 2.05) is 0 Å². The molecule has 11 heteroatoms. The van der Waals surface area contributed by atoms with Crippen LogP contribution in [0.4, 0.5) is 22.0 Å². The molecule has 0 saturated carbocycles. The van der Waals surface area contributed by atoms with Gasteiger partial charge in [0.05, 0.1) is 5.69 Å². The van der Waals surface area contributed by atoms with Gasteiger partial charge in [0.1, 0.15) is 0 Å². The van der Waals surface area contributed by atoms with Gasteiger partial charge >= 0.3 is 6.18 Å². The van der Waals surface area contributed by atoms with Crippen molar-refractivity contribution in [3.05, 3.63) is 36.0 Å². The molecule has 132 valence electrons. The topological polar surface area (TPSA) is 65.2 Å². The Morgan fingerprint density at radius 2 is 2.00 bits per heavy atom. The van der Waals surface area contributed by atoms with Gasteiger partial charge in [-0.25, -0.2) is 13.8 Å². The minimum absolute atomic E-state index is 0.0320. The van der Waals surface area contributed by atoms with Crippen LogP contribution in [0.2, 0.25) is 0 Å². The first-order chi connectivity index (χ1) is 11.7. The van der Waals surface area contributed by atoms with Crippen molar-refractivity contribution in [2.75, 3.05) is 6.61 Å². The Labute approximate surface area is 137 Å². The van der Waals surface area contributed by atoms with Crippen molar-refractivity contribution in [3.63, 3.8) is 0 Å². The molecule has 0 saturated heterocycles. The highest BCUT2D eigenvalue weighted by Gasteiger charge is 2.29. The second-order valence-corrected chi connectivity index (χ2v) is 5.08. The number of fused-ring (bicyclic) bond motifs is 1. The van der Waals surface area contributed by atoms with Gasteiger partial charge in [-0.2, -0.15) is 22.8 Å². The molecule has 3 heterocycles. The van der Waals surface area contributed by atoms with Crippen LogP contribution in [0, 0.1) is 5.82 Å². The molecular formula is C14H10F5N5O. The van der Waals surface area contributed by atoms with Gasteiger partial charge < -0.3 is 4.74 Å². The fourth-order valence-corrected chi connectivity index (χ4v) is 2.03. The second kappa shape index (κ2) is 6.22. The summed E-state index contributed by atoms with van der Waals surface area (Å²) in [7, 11) is 0. The molecule has 3 aromatic rings. The minimum atomic E-state index is -4.60. The van der Waals surface area contributed by atoms with Crippen LogP contribution in [0.3, 0.4) is 0 Å². The highest BCUT2D eigenvalue weighted by Crippen LogP contribution is 2.24. The smallest absolute Gasteiger partial charge is 0.422 e. The van der Waals surface area contributed by atoms with Crippen molar-refractivity contribution in [3.8, 4) is 17.1 Å². The maximum absolute atomic E-state index is 13.9. The Morgan fingerprint density at radius 3 is 2.64 bits per heavy atom. The van der Waals surface area contributed by atoms with Gasteiger partial charge in [-0.05, 0) is 25.1 Å². The number of aromatic nitrogens is 5. The van der Waals surface area contributed by atoms with E-state index < -0.39 is 30.7 Å². The molecule has 1 atom stereocenters. The Hall–Kier alpha value is -2.85. The molecule has 0 fully saturated rings. The van der Waals surface area contributed by atoms with E-state index in [1.54, 1.807) is 0 Å². The average molecular weight is 359 g/mol. The number of halogens is 5. The molecule has 0 aliphatic heterocycles. The fraction of sp³-hybridized carbons (Fsp3) is 0.286. The van der Waals surface area contributed by atoms with Gasteiger partial charge in [0.25, 0.3) is 5.88 Å². The van der Waals surface area contributed by atoms with Gasteiger partial charge in [0, 0.05) is 11.8 Å². The van der Waals surface area contributed by atoms with Crippen LogP contribution in [0.5, 0.6) is 5.88 Å². The van der Waals surface area contributed by atoms with Crippen LogP contribution in [0.15, 0.2) is 24.4 Å². The summed E-state index contributed by atoms with van der Waals surface area (Å²) < 4.78 is 69.2. The molecular weight excluding hydrogens is 349 g/mol. The summed E-state index contributed by atoms with van der Waals surface area (Å²) in [6, 6.07) is 3.90. The SMILES string of the molecule is CC(F)c1nnc2ccc(-c3cnc(OCC(F)(F)F)c(F)c3)nn12. The van der Waals surface area contributed by atoms with Crippen molar-refractivity contribution < 1.29 is 26.7 Å². The number of rotatable bonds is 4. The molecule has 0 aliphatic rings. The summed E-state index contributed by atoms with van der Waals surface area (Å²) in [5.74, 6) is -1.88. The van der Waals surface area contributed by atoms with Crippen LogP contribution in [-0.4, -0.2) is 37.6 Å². The number of ether oxygens (including phenoxy) is 1. The summed E-state index contributed by atoms with van der Waals surface area (Å²) >= 11 is 0. The quantitative estimate of drug-likeness (QED) is 0.669. The van der Waals surface area contributed by atoms with E-state index in [0.717, 1.165) is 16.8 Å². The zero-order valence-corrected chi connectivity index (χ0v) is 12.6. The first kappa shape index (κ1) is 17.0. The Morgan fingerprint density at radius 1 is 1.24 bits per heavy atom. The largest absolute Gasteiger partial charge is 0.466 e. The Bertz CT molecular complexity index is 908. The highest BCUT2D eigenvalue weighted by atomic mass is 19.4. The molecule has 3 aromatic heterocycles. The molecule has 0 aliphatic carbocycles. The molecule has 0 spiro atoms. The lowest BCUT2D eigenvalue weighted by atomic mass is 10.2. The van der Waals surface area contributed by atoms with Gasteiger partial charge in [0.15, 0.2) is 30.1 Å². The summed E-state index contributed by atoms with van der Waals surface area (Å²) in [6.45, 7) is -0.391. The normalized spacial score (nSPS) is 13.2. The highest BCUT2D eigenvalue weighted by molar-refractivity contribution is 5.59. The number of hydrogen-bond donors (Lipinski definition) is 0. The minimum Gasteiger partial charge on any atom is -0.466 e. The first-order valence-corrected chi connectivity index (χ1v) is 6.96. The van der Waals surface area contributed by atoms with E-state index in [2.05, 4.69) is 25.0 Å². The molecule has 0 N–H and O–H groups in total. The molecule has 0 bridgehead atoms. The standard InChI is InChI=1S/C14H10F5N5O/c1-7(15)12-22-21-11-3-2-10(23-24(11)12)8-4-9(16)13(20-5-8)25-6-14(17,18)19/h2-5,7H,6H2,1H3. The van der Waals surface area contributed by atoms with E-state index in [1.165, 1.54) is 19.1 Å². The summed E-state index contributed by atoms with van der Waals surface area (Å²) in [5, 5.41) is 11.5. The van der Waals surface area contributed by atoms with E-state index >= 15 is 0 Å². The van der Waals surface area contributed by atoms with E-state index in [9.17, 15) is 22.0 Å². The predicted molar refractivity (Wildman–Crippen MR) is 75.0 cm³/mol. The lowest BCUT2D eigenvalue weighted by Gasteiger charge is -2.09. The number of alkyl halides is 4. The van der Waals surface area contributed by atoms with Crippen molar-refractivity contribution in [1.29, 1.82) is 0 Å². The summed E-state index contributed by atoms with van der Waals surface area (Å²) in [6.07, 6.45) is -4.93. The molecule has 3 rings (SSSR count). The third-order valence-electron chi connectivity index (χ3n) is 3.12. The second-order valence-electron chi connectivity index (χ2n) is 5.08. The van der Waals surface area contributed by atoms with E-state index in [0.29, 0.717) is 5.65 Å². The van der Waals surface area contributed by atoms with Crippen molar-refractivity contribution in [2.45, 2.75) is 19.3 Å². The lowest BCUT2D eigenvalue weighted by molar-refractivity contribution is -0.154. The molecule has 25 heavy (non-hydrogen) atoms. The Balaban J connectivity index is 1.92. The van der Waals surface area contributed by atoms with Crippen LogP contribution in [0.25, 0.3) is 16.9 Å². The van der Waals surface area contributed by atoms with Gasteiger partial charge in [-0.3, -0.25) is 0 Å². The first-order valence-electron chi connectivity index (χ1n) is 6.96. The van der Waals surface area contributed by atoms with Crippen molar-refractivity contribution >= 4 is 5.65 Å². The van der Waals surface area contributed by atoms with Crippen LogP contribution < -0.4 is 4.74 Å². The molecule has 0 aromatic carbocycles. The molecule has 0 radical (unpaired) electrons. The maximum Gasteiger partial charge on any atom is 0.422 e. The zero-order valence-electron chi connectivity index (χ0n) is 12.6.